The van der Waals surface area contributed by atoms with Crippen molar-refractivity contribution in [2.75, 3.05) is 36.4 Å². The molecule has 1 aliphatic rings. The van der Waals surface area contributed by atoms with Crippen molar-refractivity contribution in [3.63, 3.8) is 0 Å². The van der Waals surface area contributed by atoms with Crippen LogP contribution in [-0.2, 0) is 4.79 Å². The SMILES string of the molecule is CC(=O)Nc1cccc(C(C)NC(=O)N2CCN(c3ccccc3)CC2)c1. The Morgan fingerprint density at radius 2 is 1.67 bits per heavy atom. The van der Waals surface area contributed by atoms with E-state index in [1.54, 1.807) is 0 Å². The monoisotopic (exact) mass is 366 g/mol. The van der Waals surface area contributed by atoms with Gasteiger partial charge in [0.05, 0.1) is 6.04 Å². The van der Waals surface area contributed by atoms with Crippen molar-refractivity contribution in [3.05, 3.63) is 60.2 Å². The van der Waals surface area contributed by atoms with Gasteiger partial charge in [-0.3, -0.25) is 4.79 Å². The molecule has 0 radical (unpaired) electrons. The number of piperazine rings is 1. The van der Waals surface area contributed by atoms with Crippen LogP contribution in [0.5, 0.6) is 0 Å². The molecule has 6 nitrogen and oxygen atoms in total. The number of carbonyl (C=O) groups excluding carboxylic acids is 2. The Morgan fingerprint density at radius 1 is 0.963 bits per heavy atom. The maximum absolute atomic E-state index is 12.6. The highest BCUT2D eigenvalue weighted by atomic mass is 16.2. The molecule has 0 spiro atoms. The van der Waals surface area contributed by atoms with Crippen LogP contribution in [0.2, 0.25) is 0 Å². The first-order valence-corrected chi connectivity index (χ1v) is 9.26. The van der Waals surface area contributed by atoms with Crippen molar-refractivity contribution in [1.82, 2.24) is 10.2 Å². The zero-order valence-electron chi connectivity index (χ0n) is 15.8. The number of benzene rings is 2. The molecular formula is C21H26N4O2. The predicted molar refractivity (Wildman–Crippen MR) is 108 cm³/mol. The smallest absolute Gasteiger partial charge is 0.317 e. The van der Waals surface area contributed by atoms with E-state index < -0.39 is 0 Å². The van der Waals surface area contributed by atoms with Crippen LogP contribution in [0.4, 0.5) is 16.2 Å². The zero-order valence-corrected chi connectivity index (χ0v) is 15.8. The maximum Gasteiger partial charge on any atom is 0.317 e. The summed E-state index contributed by atoms with van der Waals surface area (Å²) in [5, 5.41) is 5.83. The Balaban J connectivity index is 1.54. The van der Waals surface area contributed by atoms with Crippen molar-refractivity contribution < 1.29 is 9.59 Å². The second-order valence-corrected chi connectivity index (χ2v) is 6.79. The highest BCUT2D eigenvalue weighted by molar-refractivity contribution is 5.88. The van der Waals surface area contributed by atoms with Gasteiger partial charge in [0.25, 0.3) is 0 Å². The lowest BCUT2D eigenvalue weighted by Crippen LogP contribution is -2.52. The van der Waals surface area contributed by atoms with E-state index in [0.717, 1.165) is 24.3 Å². The van der Waals surface area contributed by atoms with Gasteiger partial charge in [0, 0.05) is 44.5 Å². The van der Waals surface area contributed by atoms with E-state index in [2.05, 4.69) is 27.7 Å². The molecule has 1 fully saturated rings. The molecular weight excluding hydrogens is 340 g/mol. The zero-order chi connectivity index (χ0) is 19.2. The quantitative estimate of drug-likeness (QED) is 0.873. The largest absolute Gasteiger partial charge is 0.368 e. The molecule has 1 heterocycles. The number of urea groups is 1. The molecule has 6 heteroatoms. The fraction of sp³-hybridized carbons (Fsp3) is 0.333. The van der Waals surface area contributed by atoms with Crippen LogP contribution in [0.15, 0.2) is 54.6 Å². The molecule has 1 unspecified atom stereocenters. The number of nitrogens with zero attached hydrogens (tertiary/aromatic N) is 2. The van der Waals surface area contributed by atoms with Gasteiger partial charge in [-0.05, 0) is 36.8 Å². The predicted octanol–water partition coefficient (Wildman–Crippen LogP) is 3.24. The number of hydrogen-bond donors (Lipinski definition) is 2. The first-order valence-electron chi connectivity index (χ1n) is 9.26. The number of hydrogen-bond acceptors (Lipinski definition) is 3. The van der Waals surface area contributed by atoms with Crippen molar-refractivity contribution in [3.8, 4) is 0 Å². The van der Waals surface area contributed by atoms with Crippen LogP contribution in [0.3, 0.4) is 0 Å². The number of para-hydroxylation sites is 1. The third-order valence-electron chi connectivity index (χ3n) is 4.74. The summed E-state index contributed by atoms with van der Waals surface area (Å²) in [7, 11) is 0. The molecule has 0 bridgehead atoms. The van der Waals surface area contributed by atoms with Gasteiger partial charge in [0.2, 0.25) is 5.91 Å². The molecule has 0 aromatic heterocycles. The van der Waals surface area contributed by atoms with Crippen molar-refractivity contribution >= 4 is 23.3 Å². The molecule has 0 aliphatic carbocycles. The Hall–Kier alpha value is -3.02. The van der Waals surface area contributed by atoms with Gasteiger partial charge in [-0.1, -0.05) is 30.3 Å². The minimum atomic E-state index is -0.140. The van der Waals surface area contributed by atoms with Gasteiger partial charge >= 0.3 is 6.03 Å². The summed E-state index contributed by atoms with van der Waals surface area (Å²) in [6.07, 6.45) is 0. The van der Waals surface area contributed by atoms with Gasteiger partial charge in [-0.2, -0.15) is 0 Å². The van der Waals surface area contributed by atoms with Gasteiger partial charge in [-0.15, -0.1) is 0 Å². The summed E-state index contributed by atoms with van der Waals surface area (Å²) < 4.78 is 0. The second kappa shape index (κ2) is 8.58. The summed E-state index contributed by atoms with van der Waals surface area (Å²) in [5.74, 6) is -0.111. The number of nitrogens with one attached hydrogen (secondary N) is 2. The molecule has 27 heavy (non-hydrogen) atoms. The summed E-state index contributed by atoms with van der Waals surface area (Å²) in [5.41, 5.74) is 2.89. The Labute approximate surface area is 160 Å². The van der Waals surface area contributed by atoms with Gasteiger partial charge in [-0.25, -0.2) is 4.79 Å². The summed E-state index contributed by atoms with van der Waals surface area (Å²) in [6.45, 7) is 6.46. The first kappa shape index (κ1) is 18.8. The van der Waals surface area contributed by atoms with E-state index in [1.807, 2.05) is 54.3 Å². The van der Waals surface area contributed by atoms with Crippen molar-refractivity contribution in [1.29, 1.82) is 0 Å². The van der Waals surface area contributed by atoms with Gasteiger partial charge in [0.1, 0.15) is 0 Å². The fourth-order valence-electron chi connectivity index (χ4n) is 3.26. The van der Waals surface area contributed by atoms with E-state index >= 15 is 0 Å². The third-order valence-corrected chi connectivity index (χ3v) is 4.74. The molecule has 2 N–H and O–H groups in total. The van der Waals surface area contributed by atoms with Crippen molar-refractivity contribution in [2.24, 2.45) is 0 Å². The Morgan fingerprint density at radius 3 is 2.33 bits per heavy atom. The van der Waals surface area contributed by atoms with E-state index in [0.29, 0.717) is 13.1 Å². The fourth-order valence-corrected chi connectivity index (χ4v) is 3.26. The highest BCUT2D eigenvalue weighted by Gasteiger charge is 2.22. The number of carbonyl (C=O) groups is 2. The van der Waals surface area contributed by atoms with Gasteiger partial charge in [0.15, 0.2) is 0 Å². The highest BCUT2D eigenvalue weighted by Crippen LogP contribution is 2.19. The van der Waals surface area contributed by atoms with Crippen molar-refractivity contribution in [2.45, 2.75) is 19.9 Å². The van der Waals surface area contributed by atoms with Crippen LogP contribution >= 0.6 is 0 Å². The molecule has 2 aromatic rings. The average molecular weight is 366 g/mol. The molecule has 1 saturated heterocycles. The molecule has 3 amide bonds. The van der Waals surface area contributed by atoms with E-state index in [-0.39, 0.29) is 18.0 Å². The summed E-state index contributed by atoms with van der Waals surface area (Å²) >= 11 is 0. The average Bonchev–Trinajstić information content (AvgIpc) is 2.68. The molecule has 142 valence electrons. The number of anilines is 2. The molecule has 0 saturated carbocycles. The third kappa shape index (κ3) is 5.00. The molecule has 1 aliphatic heterocycles. The Bertz CT molecular complexity index is 786. The summed E-state index contributed by atoms with van der Waals surface area (Å²) in [6, 6.07) is 17.6. The minimum absolute atomic E-state index is 0.0554. The topological polar surface area (TPSA) is 64.7 Å². The van der Waals surface area contributed by atoms with Crippen LogP contribution in [0, 0.1) is 0 Å². The van der Waals surface area contributed by atoms with Crippen LogP contribution < -0.4 is 15.5 Å². The lowest BCUT2D eigenvalue weighted by atomic mass is 10.1. The Kier molecular flexibility index (Phi) is 5.96. The lowest BCUT2D eigenvalue weighted by Gasteiger charge is -2.36. The maximum atomic E-state index is 12.6. The number of amides is 3. The summed E-state index contributed by atoms with van der Waals surface area (Å²) in [4.78, 5) is 28.0. The minimum Gasteiger partial charge on any atom is -0.368 e. The van der Waals surface area contributed by atoms with Crippen LogP contribution in [0.25, 0.3) is 0 Å². The van der Waals surface area contributed by atoms with E-state index in [4.69, 9.17) is 0 Å². The number of rotatable bonds is 4. The molecule has 2 aromatic carbocycles. The molecule has 1 atom stereocenters. The van der Waals surface area contributed by atoms with Crippen LogP contribution in [-0.4, -0.2) is 43.0 Å². The standard InChI is InChI=1S/C21H26N4O2/c1-16(18-7-6-8-19(15-18)23-17(2)26)22-21(27)25-13-11-24(12-14-25)20-9-4-3-5-10-20/h3-10,15-16H,11-14H2,1-2H3,(H,22,27)(H,23,26). The second-order valence-electron chi connectivity index (χ2n) is 6.79. The molecule has 3 rings (SSSR count). The first-order chi connectivity index (χ1) is 13.0. The van der Waals surface area contributed by atoms with E-state index in [9.17, 15) is 9.59 Å². The normalized spacial score (nSPS) is 15.2. The van der Waals surface area contributed by atoms with E-state index in [1.165, 1.54) is 12.6 Å². The van der Waals surface area contributed by atoms with Crippen LogP contribution in [0.1, 0.15) is 25.5 Å². The van der Waals surface area contributed by atoms with Gasteiger partial charge < -0.3 is 20.4 Å². The lowest BCUT2D eigenvalue weighted by molar-refractivity contribution is -0.114.